The van der Waals surface area contributed by atoms with Crippen LogP contribution in [0.2, 0.25) is 0 Å². The number of nitrogens with zero attached hydrogens (tertiary/aromatic N) is 1. The number of phenols is 1. The number of hydrogen-bond acceptors (Lipinski definition) is 3. The van der Waals surface area contributed by atoms with Crippen molar-refractivity contribution in [3.05, 3.63) is 29.8 Å². The van der Waals surface area contributed by atoms with E-state index in [0.717, 1.165) is 19.6 Å². The van der Waals surface area contributed by atoms with Crippen molar-refractivity contribution in [1.82, 2.24) is 10.2 Å². The lowest BCUT2D eigenvalue weighted by Crippen LogP contribution is -2.63. The summed E-state index contributed by atoms with van der Waals surface area (Å²) in [6.45, 7) is 10.0. The number of hydrogen-bond donors (Lipinski definition) is 2. The monoisotopic (exact) mass is 290 g/mol. The van der Waals surface area contributed by atoms with Crippen molar-refractivity contribution in [3.63, 3.8) is 0 Å². The summed E-state index contributed by atoms with van der Waals surface area (Å²) in [5.74, 6) is 0.348. The lowest BCUT2D eigenvalue weighted by Gasteiger charge is -2.47. The zero-order chi connectivity index (χ0) is 15.3. The summed E-state index contributed by atoms with van der Waals surface area (Å²) in [6, 6.07) is 8.29. The number of benzene rings is 1. The maximum absolute atomic E-state index is 9.43. The summed E-state index contributed by atoms with van der Waals surface area (Å²) >= 11 is 0. The molecule has 1 aliphatic heterocycles. The molecule has 0 spiro atoms. The molecule has 0 saturated carbocycles. The van der Waals surface area contributed by atoms with Gasteiger partial charge < -0.3 is 10.4 Å². The van der Waals surface area contributed by atoms with Gasteiger partial charge in [0.25, 0.3) is 0 Å². The molecule has 3 heteroatoms. The molecule has 21 heavy (non-hydrogen) atoms. The molecular formula is C18H30N2O. The Balaban J connectivity index is 2.11. The van der Waals surface area contributed by atoms with Crippen LogP contribution in [0.15, 0.2) is 24.3 Å². The van der Waals surface area contributed by atoms with E-state index in [4.69, 9.17) is 0 Å². The molecule has 1 atom stereocenters. The summed E-state index contributed by atoms with van der Waals surface area (Å²) in [4.78, 5) is 2.64. The largest absolute Gasteiger partial charge is 0.508 e. The van der Waals surface area contributed by atoms with Crippen LogP contribution < -0.4 is 5.32 Å². The average molecular weight is 290 g/mol. The molecule has 0 radical (unpaired) electrons. The van der Waals surface area contributed by atoms with E-state index >= 15 is 0 Å². The van der Waals surface area contributed by atoms with Crippen LogP contribution in [0.4, 0.5) is 0 Å². The molecule has 0 bridgehead atoms. The highest BCUT2D eigenvalue weighted by Crippen LogP contribution is 2.26. The Bertz CT molecular complexity index is 425. The van der Waals surface area contributed by atoms with Gasteiger partial charge >= 0.3 is 0 Å². The van der Waals surface area contributed by atoms with Crippen molar-refractivity contribution in [1.29, 1.82) is 0 Å². The molecule has 1 saturated heterocycles. The molecule has 1 heterocycles. The second kappa shape index (κ2) is 7.28. The van der Waals surface area contributed by atoms with Crippen LogP contribution in [0.3, 0.4) is 0 Å². The van der Waals surface area contributed by atoms with Crippen LogP contribution in [0, 0.1) is 0 Å². The van der Waals surface area contributed by atoms with Gasteiger partial charge in [0.05, 0.1) is 0 Å². The lowest BCUT2D eigenvalue weighted by molar-refractivity contribution is 0.0616. The zero-order valence-electron chi connectivity index (χ0n) is 13.7. The second-order valence-electron chi connectivity index (χ2n) is 6.38. The highest BCUT2D eigenvalue weighted by molar-refractivity contribution is 5.26. The first-order chi connectivity index (χ1) is 10.1. The van der Waals surface area contributed by atoms with E-state index in [1.54, 1.807) is 12.1 Å². The lowest BCUT2D eigenvalue weighted by atomic mass is 9.87. The molecule has 1 fully saturated rings. The van der Waals surface area contributed by atoms with Crippen LogP contribution >= 0.6 is 0 Å². The maximum Gasteiger partial charge on any atom is 0.115 e. The molecule has 118 valence electrons. The number of nitrogens with one attached hydrogen (secondary N) is 1. The van der Waals surface area contributed by atoms with E-state index in [2.05, 4.69) is 31.0 Å². The fraction of sp³-hybridized carbons (Fsp3) is 0.667. The Hall–Kier alpha value is -1.06. The second-order valence-corrected chi connectivity index (χ2v) is 6.38. The summed E-state index contributed by atoms with van der Waals surface area (Å²) in [6.07, 6.45) is 4.82. The van der Waals surface area contributed by atoms with Gasteiger partial charge in [-0.25, -0.2) is 0 Å². The Kier molecular flexibility index (Phi) is 5.65. The Morgan fingerprint density at radius 3 is 2.43 bits per heavy atom. The first-order valence-corrected chi connectivity index (χ1v) is 8.39. The Morgan fingerprint density at radius 1 is 1.19 bits per heavy atom. The SMILES string of the molecule is CCCC1CNC(CC)(CC)CN1Cc1ccc(O)cc1. The van der Waals surface area contributed by atoms with E-state index in [1.165, 1.54) is 31.2 Å². The van der Waals surface area contributed by atoms with Crippen molar-refractivity contribution < 1.29 is 5.11 Å². The number of aromatic hydroxyl groups is 1. The minimum atomic E-state index is 0.265. The van der Waals surface area contributed by atoms with E-state index in [-0.39, 0.29) is 5.54 Å². The summed E-state index contributed by atoms with van der Waals surface area (Å²) < 4.78 is 0. The van der Waals surface area contributed by atoms with Gasteiger partial charge in [0.2, 0.25) is 0 Å². The van der Waals surface area contributed by atoms with Gasteiger partial charge in [-0.3, -0.25) is 4.90 Å². The van der Waals surface area contributed by atoms with Gasteiger partial charge in [-0.2, -0.15) is 0 Å². The molecule has 0 aromatic heterocycles. The summed E-state index contributed by atoms with van der Waals surface area (Å²) in [7, 11) is 0. The quantitative estimate of drug-likeness (QED) is 0.841. The molecule has 3 nitrogen and oxygen atoms in total. The fourth-order valence-corrected chi connectivity index (χ4v) is 3.40. The van der Waals surface area contributed by atoms with Gasteiger partial charge in [0, 0.05) is 31.2 Å². The minimum Gasteiger partial charge on any atom is -0.508 e. The van der Waals surface area contributed by atoms with E-state index in [1.807, 2.05) is 12.1 Å². The van der Waals surface area contributed by atoms with Gasteiger partial charge in [0.15, 0.2) is 0 Å². The first kappa shape index (κ1) is 16.3. The molecule has 2 N–H and O–H groups in total. The van der Waals surface area contributed by atoms with Crippen molar-refractivity contribution in [3.8, 4) is 5.75 Å². The van der Waals surface area contributed by atoms with Crippen molar-refractivity contribution in [2.24, 2.45) is 0 Å². The molecule has 0 amide bonds. The first-order valence-electron chi connectivity index (χ1n) is 8.39. The Labute approximate surface area is 129 Å². The third-order valence-electron chi connectivity index (χ3n) is 5.03. The highest BCUT2D eigenvalue weighted by atomic mass is 16.3. The van der Waals surface area contributed by atoms with Crippen LogP contribution in [0.25, 0.3) is 0 Å². The third-order valence-corrected chi connectivity index (χ3v) is 5.03. The molecule has 1 aliphatic rings. The topological polar surface area (TPSA) is 35.5 Å². The molecule has 0 aliphatic carbocycles. The van der Waals surface area contributed by atoms with Crippen molar-refractivity contribution in [2.75, 3.05) is 13.1 Å². The smallest absolute Gasteiger partial charge is 0.115 e. The molecule has 1 aromatic carbocycles. The van der Waals surface area contributed by atoms with Gasteiger partial charge in [0.1, 0.15) is 5.75 Å². The van der Waals surface area contributed by atoms with Crippen molar-refractivity contribution >= 4 is 0 Å². The minimum absolute atomic E-state index is 0.265. The predicted molar refractivity (Wildman–Crippen MR) is 88.5 cm³/mol. The average Bonchev–Trinajstić information content (AvgIpc) is 2.51. The fourth-order valence-electron chi connectivity index (χ4n) is 3.40. The molecule has 2 rings (SSSR count). The number of piperazine rings is 1. The summed E-state index contributed by atoms with van der Waals surface area (Å²) in [5.41, 5.74) is 1.55. The normalized spacial score (nSPS) is 22.3. The Morgan fingerprint density at radius 2 is 1.86 bits per heavy atom. The highest BCUT2D eigenvalue weighted by Gasteiger charge is 2.36. The molecular weight excluding hydrogens is 260 g/mol. The van der Waals surface area contributed by atoms with Gasteiger partial charge in [-0.1, -0.05) is 39.3 Å². The zero-order valence-corrected chi connectivity index (χ0v) is 13.7. The third kappa shape index (κ3) is 3.98. The van der Waals surface area contributed by atoms with Crippen LogP contribution in [0.1, 0.15) is 52.0 Å². The van der Waals surface area contributed by atoms with E-state index < -0.39 is 0 Å². The van der Waals surface area contributed by atoms with E-state index in [0.29, 0.717) is 11.8 Å². The van der Waals surface area contributed by atoms with Gasteiger partial charge in [-0.15, -0.1) is 0 Å². The number of phenolic OH excluding ortho intramolecular Hbond substituents is 1. The van der Waals surface area contributed by atoms with Crippen LogP contribution in [-0.2, 0) is 6.54 Å². The standard InChI is InChI=1S/C18H30N2O/c1-4-7-16-12-19-18(5-2,6-3)14-20(16)13-15-8-10-17(21)11-9-15/h8-11,16,19,21H,4-7,12-14H2,1-3H3. The van der Waals surface area contributed by atoms with E-state index in [9.17, 15) is 5.11 Å². The van der Waals surface area contributed by atoms with Crippen LogP contribution in [-0.4, -0.2) is 34.7 Å². The maximum atomic E-state index is 9.43. The summed E-state index contributed by atoms with van der Waals surface area (Å²) in [5, 5.41) is 13.2. The van der Waals surface area contributed by atoms with Gasteiger partial charge in [-0.05, 0) is 37.0 Å². The van der Waals surface area contributed by atoms with Crippen molar-refractivity contribution in [2.45, 2.75) is 64.6 Å². The predicted octanol–water partition coefficient (Wildman–Crippen LogP) is 3.52. The molecule has 1 aromatic rings. The molecule has 1 unspecified atom stereocenters. The number of rotatable bonds is 6. The van der Waals surface area contributed by atoms with Crippen LogP contribution in [0.5, 0.6) is 5.75 Å².